The molecule has 0 radical (unpaired) electrons. The summed E-state index contributed by atoms with van der Waals surface area (Å²) in [6, 6.07) is 9.74. The van der Waals surface area contributed by atoms with Gasteiger partial charge in [-0.25, -0.2) is 0 Å². The van der Waals surface area contributed by atoms with Gasteiger partial charge < -0.3 is 14.4 Å². The van der Waals surface area contributed by atoms with Crippen molar-refractivity contribution in [1.82, 2.24) is 4.90 Å². The second-order valence-electron chi connectivity index (χ2n) is 6.96. The van der Waals surface area contributed by atoms with E-state index in [0.29, 0.717) is 25.9 Å². The Kier molecular flexibility index (Phi) is 6.08. The van der Waals surface area contributed by atoms with Crippen LogP contribution in [0.25, 0.3) is 0 Å². The molecule has 3 rings (SSSR count). The van der Waals surface area contributed by atoms with Gasteiger partial charge in [0.1, 0.15) is 0 Å². The lowest BCUT2D eigenvalue weighted by molar-refractivity contribution is -0.154. The van der Waals surface area contributed by atoms with E-state index in [0.717, 1.165) is 18.4 Å². The van der Waals surface area contributed by atoms with Crippen molar-refractivity contribution in [3.63, 3.8) is 0 Å². The second kappa shape index (κ2) is 8.48. The van der Waals surface area contributed by atoms with Gasteiger partial charge in [-0.05, 0) is 31.2 Å². The van der Waals surface area contributed by atoms with Crippen molar-refractivity contribution in [3.8, 4) is 0 Å². The molecule has 0 spiro atoms. The molecule has 1 heterocycles. The quantitative estimate of drug-likeness (QED) is 0.770. The van der Waals surface area contributed by atoms with E-state index in [4.69, 9.17) is 9.47 Å². The van der Waals surface area contributed by atoms with Crippen LogP contribution in [0.5, 0.6) is 0 Å². The number of carbonyl (C=O) groups is 2. The van der Waals surface area contributed by atoms with Gasteiger partial charge in [0.2, 0.25) is 0 Å². The number of rotatable bonds is 5. The van der Waals surface area contributed by atoms with Crippen molar-refractivity contribution in [2.75, 3.05) is 20.2 Å². The predicted octanol–water partition coefficient (Wildman–Crippen LogP) is 3.10. The molecule has 1 aromatic rings. The highest BCUT2D eigenvalue weighted by atomic mass is 16.5. The van der Waals surface area contributed by atoms with Gasteiger partial charge in [0.25, 0.3) is 5.91 Å². The smallest absolute Gasteiger partial charge is 0.308 e. The summed E-state index contributed by atoms with van der Waals surface area (Å²) in [5.41, 5.74) is 0.912. The van der Waals surface area contributed by atoms with Crippen molar-refractivity contribution in [2.24, 2.45) is 5.92 Å². The number of esters is 1. The molecule has 1 amide bonds. The van der Waals surface area contributed by atoms with Gasteiger partial charge in [-0.2, -0.15) is 0 Å². The highest BCUT2D eigenvalue weighted by Crippen LogP contribution is 2.30. The fourth-order valence-corrected chi connectivity index (χ4v) is 3.79. The number of nitrogens with zero attached hydrogens (tertiary/aromatic N) is 1. The zero-order valence-corrected chi connectivity index (χ0v) is 14.9. The van der Waals surface area contributed by atoms with Crippen LogP contribution in [0, 0.1) is 5.92 Å². The molecule has 25 heavy (non-hydrogen) atoms. The second-order valence-corrected chi connectivity index (χ2v) is 6.96. The van der Waals surface area contributed by atoms with Gasteiger partial charge in [-0.3, -0.25) is 9.59 Å². The molecule has 1 saturated heterocycles. The number of benzene rings is 1. The summed E-state index contributed by atoms with van der Waals surface area (Å²) in [6.45, 7) is 1.16. The Balaban J connectivity index is 1.68. The Hall–Kier alpha value is -1.88. The molecule has 2 aliphatic rings. The molecule has 1 saturated carbocycles. The minimum absolute atomic E-state index is 0.0152. The first-order valence-corrected chi connectivity index (χ1v) is 9.26. The third kappa shape index (κ3) is 4.40. The van der Waals surface area contributed by atoms with Crippen molar-refractivity contribution in [3.05, 3.63) is 35.9 Å². The Morgan fingerprint density at radius 1 is 1.04 bits per heavy atom. The standard InChI is InChI=1S/C20H27NO4/c1-24-20(23)16-11-13-21(14-12-16)19(22)18(15-7-3-2-4-8-15)25-17-9-5-6-10-17/h2-4,7-8,16-18H,5-6,9-14H2,1H3/t18-/m0/s1. The first-order chi connectivity index (χ1) is 12.2. The van der Waals surface area contributed by atoms with Crippen LogP contribution >= 0.6 is 0 Å². The van der Waals surface area contributed by atoms with Gasteiger partial charge in [0, 0.05) is 13.1 Å². The summed E-state index contributed by atoms with van der Waals surface area (Å²) < 4.78 is 11.0. The van der Waals surface area contributed by atoms with E-state index in [2.05, 4.69) is 0 Å². The van der Waals surface area contributed by atoms with Crippen LogP contribution in [0.3, 0.4) is 0 Å². The number of ether oxygens (including phenoxy) is 2. The number of hydrogen-bond donors (Lipinski definition) is 0. The Bertz CT molecular complexity index is 575. The van der Waals surface area contributed by atoms with E-state index in [1.807, 2.05) is 35.2 Å². The molecule has 1 aliphatic heterocycles. The predicted molar refractivity (Wildman–Crippen MR) is 93.8 cm³/mol. The van der Waals surface area contributed by atoms with Crippen molar-refractivity contribution in [2.45, 2.75) is 50.7 Å². The van der Waals surface area contributed by atoms with E-state index in [9.17, 15) is 9.59 Å². The molecule has 5 heteroatoms. The molecule has 0 N–H and O–H groups in total. The number of likely N-dealkylation sites (tertiary alicyclic amines) is 1. The van der Waals surface area contributed by atoms with Crippen LogP contribution in [0.2, 0.25) is 0 Å². The van der Waals surface area contributed by atoms with E-state index in [1.54, 1.807) is 0 Å². The Morgan fingerprint density at radius 2 is 1.68 bits per heavy atom. The summed E-state index contributed by atoms with van der Waals surface area (Å²) in [6.07, 6.45) is 5.34. The average Bonchev–Trinajstić information content (AvgIpc) is 3.19. The topological polar surface area (TPSA) is 55.8 Å². The maximum atomic E-state index is 13.1. The largest absolute Gasteiger partial charge is 0.469 e. The third-order valence-corrected chi connectivity index (χ3v) is 5.30. The number of hydrogen-bond acceptors (Lipinski definition) is 4. The molecule has 0 unspecified atom stereocenters. The van der Waals surface area contributed by atoms with Crippen LogP contribution < -0.4 is 0 Å². The van der Waals surface area contributed by atoms with Crippen LogP contribution in [0.4, 0.5) is 0 Å². The molecule has 2 fully saturated rings. The van der Waals surface area contributed by atoms with Crippen LogP contribution in [0.15, 0.2) is 30.3 Å². The zero-order chi connectivity index (χ0) is 17.6. The van der Waals surface area contributed by atoms with Crippen molar-refractivity contribution >= 4 is 11.9 Å². The van der Waals surface area contributed by atoms with Gasteiger partial charge in [0.05, 0.1) is 19.1 Å². The van der Waals surface area contributed by atoms with Gasteiger partial charge in [-0.15, -0.1) is 0 Å². The van der Waals surface area contributed by atoms with E-state index >= 15 is 0 Å². The fourth-order valence-electron chi connectivity index (χ4n) is 3.79. The number of carbonyl (C=O) groups excluding carboxylic acids is 2. The third-order valence-electron chi connectivity index (χ3n) is 5.30. The Morgan fingerprint density at radius 3 is 2.28 bits per heavy atom. The number of amides is 1. The van der Waals surface area contributed by atoms with Gasteiger partial charge in [-0.1, -0.05) is 43.2 Å². The summed E-state index contributed by atoms with van der Waals surface area (Å²) in [4.78, 5) is 26.6. The lowest BCUT2D eigenvalue weighted by Gasteiger charge is -2.34. The lowest BCUT2D eigenvalue weighted by Crippen LogP contribution is -2.43. The first-order valence-electron chi connectivity index (χ1n) is 9.26. The molecule has 136 valence electrons. The molecule has 1 atom stereocenters. The summed E-state index contributed by atoms with van der Waals surface area (Å²) in [7, 11) is 1.42. The highest BCUT2D eigenvalue weighted by molar-refractivity contribution is 5.83. The Labute approximate surface area is 149 Å². The molecule has 1 aromatic carbocycles. The van der Waals surface area contributed by atoms with Crippen LogP contribution in [-0.4, -0.2) is 43.1 Å². The molecule has 0 aromatic heterocycles. The number of methoxy groups -OCH3 is 1. The van der Waals surface area contributed by atoms with Gasteiger partial charge >= 0.3 is 5.97 Å². The number of piperidine rings is 1. The average molecular weight is 345 g/mol. The van der Waals surface area contributed by atoms with E-state index in [1.165, 1.54) is 20.0 Å². The van der Waals surface area contributed by atoms with Crippen molar-refractivity contribution in [1.29, 1.82) is 0 Å². The summed E-state index contributed by atoms with van der Waals surface area (Å²) in [5.74, 6) is -0.254. The SMILES string of the molecule is COC(=O)C1CCN(C(=O)[C@@H](OC2CCCC2)c2ccccc2)CC1. The molecular weight excluding hydrogens is 318 g/mol. The fraction of sp³-hybridized carbons (Fsp3) is 0.600. The molecule has 1 aliphatic carbocycles. The molecule has 5 nitrogen and oxygen atoms in total. The molecular formula is C20H27NO4. The summed E-state index contributed by atoms with van der Waals surface area (Å²) in [5, 5.41) is 0. The monoisotopic (exact) mass is 345 g/mol. The van der Waals surface area contributed by atoms with Gasteiger partial charge in [0.15, 0.2) is 6.10 Å². The highest BCUT2D eigenvalue weighted by Gasteiger charge is 2.34. The normalized spacial score (nSPS) is 20.4. The maximum absolute atomic E-state index is 13.1. The minimum Gasteiger partial charge on any atom is -0.469 e. The molecule has 0 bridgehead atoms. The first kappa shape index (κ1) is 17.9. The van der Waals surface area contributed by atoms with E-state index in [-0.39, 0.29) is 23.9 Å². The zero-order valence-electron chi connectivity index (χ0n) is 14.9. The van der Waals surface area contributed by atoms with Crippen LogP contribution in [0.1, 0.15) is 50.2 Å². The summed E-state index contributed by atoms with van der Waals surface area (Å²) >= 11 is 0. The lowest BCUT2D eigenvalue weighted by atomic mass is 9.96. The van der Waals surface area contributed by atoms with Crippen molar-refractivity contribution < 1.29 is 19.1 Å². The minimum atomic E-state index is -0.543. The van der Waals surface area contributed by atoms with Crippen LogP contribution in [-0.2, 0) is 19.1 Å². The van der Waals surface area contributed by atoms with E-state index < -0.39 is 6.10 Å². The maximum Gasteiger partial charge on any atom is 0.308 e.